The molecule has 104 valence electrons. The van der Waals surface area contributed by atoms with Crippen molar-refractivity contribution in [1.82, 2.24) is 5.32 Å². The second-order valence-electron chi connectivity index (χ2n) is 3.80. The molecule has 7 heteroatoms. The molecule has 0 amide bonds. The Morgan fingerprint density at radius 2 is 1.95 bits per heavy atom. The molecule has 1 aromatic rings. The van der Waals surface area contributed by atoms with Gasteiger partial charge in [-0.15, -0.1) is 0 Å². The number of alkyl halides is 3. The number of rotatable bonds is 4. The molecule has 0 aliphatic carbocycles. The maximum Gasteiger partial charge on any atom is 0.432 e. The van der Waals surface area contributed by atoms with E-state index in [1.54, 1.807) is 6.92 Å². The highest BCUT2D eigenvalue weighted by atomic mass is 19.4. The molecule has 1 aromatic carbocycles. The Kier molecular flexibility index (Phi) is 4.52. The van der Waals surface area contributed by atoms with Crippen LogP contribution in [-0.2, 0) is 0 Å². The van der Waals surface area contributed by atoms with Crippen molar-refractivity contribution in [3.63, 3.8) is 0 Å². The zero-order valence-electron chi connectivity index (χ0n) is 10.3. The van der Waals surface area contributed by atoms with Crippen LogP contribution in [0.2, 0.25) is 0 Å². The molecule has 0 heterocycles. The summed E-state index contributed by atoms with van der Waals surface area (Å²) in [5.41, 5.74) is -0.485. The van der Waals surface area contributed by atoms with Crippen LogP contribution in [0.15, 0.2) is 30.1 Å². The normalized spacial score (nSPS) is 12.2. The van der Waals surface area contributed by atoms with Gasteiger partial charge in [0, 0.05) is 18.8 Å². The number of hydrogen-bond donors (Lipinski definition) is 3. The van der Waals surface area contributed by atoms with Crippen LogP contribution < -0.4 is 10.6 Å². The van der Waals surface area contributed by atoms with E-state index in [4.69, 9.17) is 5.41 Å². The molecule has 0 atom stereocenters. The van der Waals surface area contributed by atoms with E-state index in [0.29, 0.717) is 17.3 Å². The first kappa shape index (κ1) is 15.0. The number of halogens is 4. The summed E-state index contributed by atoms with van der Waals surface area (Å²) in [5.74, 6) is -0.432. The van der Waals surface area contributed by atoms with E-state index in [1.165, 1.54) is 25.2 Å². The van der Waals surface area contributed by atoms with Gasteiger partial charge >= 0.3 is 6.18 Å². The third kappa shape index (κ3) is 4.27. The van der Waals surface area contributed by atoms with Crippen molar-refractivity contribution >= 4 is 11.4 Å². The number of anilines is 1. The lowest BCUT2D eigenvalue weighted by Gasteiger charge is -2.14. The topological polar surface area (TPSA) is 47.9 Å². The van der Waals surface area contributed by atoms with E-state index < -0.39 is 17.7 Å². The Labute approximate surface area is 107 Å². The Morgan fingerprint density at radius 1 is 1.32 bits per heavy atom. The molecule has 0 aliphatic rings. The monoisotopic (exact) mass is 275 g/mol. The molecule has 0 radical (unpaired) electrons. The van der Waals surface area contributed by atoms with Crippen molar-refractivity contribution in [1.29, 1.82) is 5.41 Å². The average Bonchev–Trinajstić information content (AvgIpc) is 2.30. The molecule has 0 bridgehead atoms. The Hall–Kier alpha value is -2.05. The summed E-state index contributed by atoms with van der Waals surface area (Å²) in [6.45, 7) is 1.62. The highest BCUT2D eigenvalue weighted by Crippen LogP contribution is 2.20. The molecule has 3 nitrogen and oxygen atoms in total. The SMILES string of the molecule is CN/C(=C/C(=N)C(F)(F)F)Nc1ccc(F)cc1C. The average molecular weight is 275 g/mol. The molecule has 0 aliphatic heterocycles. The number of benzene rings is 1. The van der Waals surface area contributed by atoms with Crippen LogP contribution in [0.5, 0.6) is 0 Å². The van der Waals surface area contributed by atoms with Crippen LogP contribution in [0.1, 0.15) is 5.56 Å². The van der Waals surface area contributed by atoms with Crippen molar-refractivity contribution in [3.05, 3.63) is 41.5 Å². The summed E-state index contributed by atoms with van der Waals surface area (Å²) >= 11 is 0. The minimum absolute atomic E-state index is 0.00275. The number of aryl methyl sites for hydroxylation is 1. The summed E-state index contributed by atoms with van der Waals surface area (Å²) in [5, 5.41) is 12.1. The molecule has 0 fully saturated rings. The second kappa shape index (κ2) is 5.73. The lowest BCUT2D eigenvalue weighted by molar-refractivity contribution is -0.0584. The molecule has 19 heavy (non-hydrogen) atoms. The van der Waals surface area contributed by atoms with Crippen LogP contribution in [0, 0.1) is 18.2 Å². The van der Waals surface area contributed by atoms with E-state index >= 15 is 0 Å². The fraction of sp³-hybridized carbons (Fsp3) is 0.250. The van der Waals surface area contributed by atoms with Crippen LogP contribution in [0.3, 0.4) is 0 Å². The van der Waals surface area contributed by atoms with E-state index in [1.807, 2.05) is 0 Å². The number of hydrogen-bond acceptors (Lipinski definition) is 3. The minimum Gasteiger partial charge on any atom is -0.375 e. The Balaban J connectivity index is 2.94. The van der Waals surface area contributed by atoms with Gasteiger partial charge in [-0.05, 0) is 30.7 Å². The van der Waals surface area contributed by atoms with E-state index in [2.05, 4.69) is 10.6 Å². The molecular formula is C12H13F4N3. The fourth-order valence-electron chi connectivity index (χ4n) is 1.31. The zero-order valence-corrected chi connectivity index (χ0v) is 10.3. The van der Waals surface area contributed by atoms with Gasteiger partial charge < -0.3 is 10.6 Å². The largest absolute Gasteiger partial charge is 0.432 e. The van der Waals surface area contributed by atoms with Crippen molar-refractivity contribution in [3.8, 4) is 0 Å². The predicted octanol–water partition coefficient (Wildman–Crippen LogP) is 3.19. The van der Waals surface area contributed by atoms with E-state index in [9.17, 15) is 17.6 Å². The first-order chi connectivity index (χ1) is 8.74. The van der Waals surface area contributed by atoms with Crippen LogP contribution in [0.4, 0.5) is 23.2 Å². The Bertz CT molecular complexity index is 506. The lowest BCUT2D eigenvalue weighted by atomic mass is 10.2. The second-order valence-corrected chi connectivity index (χ2v) is 3.80. The van der Waals surface area contributed by atoms with Crippen molar-refractivity contribution in [2.45, 2.75) is 13.1 Å². The summed E-state index contributed by atoms with van der Waals surface area (Å²) in [6.07, 6.45) is -4.08. The smallest absolute Gasteiger partial charge is 0.375 e. The zero-order chi connectivity index (χ0) is 14.6. The van der Waals surface area contributed by atoms with Crippen LogP contribution in [-0.4, -0.2) is 18.9 Å². The third-order valence-corrected chi connectivity index (χ3v) is 2.32. The summed E-state index contributed by atoms with van der Waals surface area (Å²) < 4.78 is 49.6. The molecule has 0 spiro atoms. The van der Waals surface area contributed by atoms with Crippen molar-refractivity contribution in [2.75, 3.05) is 12.4 Å². The van der Waals surface area contributed by atoms with Gasteiger partial charge in [-0.1, -0.05) is 0 Å². The molecule has 0 saturated carbocycles. The van der Waals surface area contributed by atoms with Crippen LogP contribution >= 0.6 is 0 Å². The van der Waals surface area contributed by atoms with Gasteiger partial charge in [-0.2, -0.15) is 13.2 Å². The maximum atomic E-state index is 12.9. The molecule has 0 aromatic heterocycles. The summed E-state index contributed by atoms with van der Waals surface area (Å²) in [4.78, 5) is 0. The first-order valence-electron chi connectivity index (χ1n) is 5.32. The first-order valence-corrected chi connectivity index (χ1v) is 5.32. The van der Waals surface area contributed by atoms with Gasteiger partial charge in [0.1, 0.15) is 17.3 Å². The predicted molar refractivity (Wildman–Crippen MR) is 65.7 cm³/mol. The Morgan fingerprint density at radius 3 is 2.42 bits per heavy atom. The summed E-state index contributed by atoms with van der Waals surface area (Å²) in [7, 11) is 1.42. The molecule has 0 saturated heterocycles. The third-order valence-electron chi connectivity index (χ3n) is 2.32. The highest BCUT2D eigenvalue weighted by molar-refractivity contribution is 5.97. The standard InChI is InChI=1S/C12H13F4N3/c1-7-5-8(13)3-4-9(7)19-11(18-2)6-10(17)12(14,15)16/h3-6,17-19H,1-2H3/b11-6-,17-10?. The van der Waals surface area contributed by atoms with Gasteiger partial charge in [0.15, 0.2) is 0 Å². The minimum atomic E-state index is -4.71. The number of allylic oxidation sites excluding steroid dienone is 1. The quantitative estimate of drug-likeness (QED) is 0.584. The van der Waals surface area contributed by atoms with Crippen molar-refractivity contribution < 1.29 is 17.6 Å². The van der Waals surface area contributed by atoms with Gasteiger partial charge in [-0.3, -0.25) is 5.41 Å². The highest BCUT2D eigenvalue weighted by Gasteiger charge is 2.32. The molecule has 3 N–H and O–H groups in total. The van der Waals surface area contributed by atoms with Crippen LogP contribution in [0.25, 0.3) is 0 Å². The van der Waals surface area contributed by atoms with Gasteiger partial charge in [0.2, 0.25) is 0 Å². The molecular weight excluding hydrogens is 262 g/mol. The fourth-order valence-corrected chi connectivity index (χ4v) is 1.31. The molecule has 1 rings (SSSR count). The van der Waals surface area contributed by atoms with Gasteiger partial charge in [0.25, 0.3) is 0 Å². The number of nitrogens with one attached hydrogen (secondary N) is 3. The molecule has 0 unspecified atom stereocenters. The van der Waals surface area contributed by atoms with Gasteiger partial charge in [0.05, 0.1) is 0 Å². The lowest BCUT2D eigenvalue weighted by Crippen LogP contribution is -2.24. The van der Waals surface area contributed by atoms with E-state index in [0.717, 1.165) is 0 Å². The van der Waals surface area contributed by atoms with E-state index in [-0.39, 0.29) is 5.82 Å². The summed E-state index contributed by atoms with van der Waals surface area (Å²) in [6, 6.07) is 3.86. The maximum absolute atomic E-state index is 12.9. The van der Waals surface area contributed by atoms with Gasteiger partial charge in [-0.25, -0.2) is 4.39 Å². The van der Waals surface area contributed by atoms with Crippen molar-refractivity contribution in [2.24, 2.45) is 0 Å².